The number of benzene rings is 3. The molecule has 0 radical (unpaired) electrons. The first-order chi connectivity index (χ1) is 19.3. The van der Waals surface area contributed by atoms with Gasteiger partial charge in [0.1, 0.15) is 0 Å². The monoisotopic (exact) mass is 546 g/mol. The molecule has 1 unspecified atom stereocenters. The van der Waals surface area contributed by atoms with Crippen LogP contribution in [-0.4, -0.2) is 40.2 Å². The van der Waals surface area contributed by atoms with Gasteiger partial charge < -0.3 is 19.7 Å². The molecule has 0 aliphatic carbocycles. The number of nitro groups is 1. The van der Waals surface area contributed by atoms with E-state index in [9.17, 15) is 23.7 Å². The number of nitro benzene ring substituents is 1. The summed E-state index contributed by atoms with van der Waals surface area (Å²) >= 11 is 0. The number of aliphatic imine (C=N–C) groups is 1. The lowest BCUT2D eigenvalue weighted by Gasteiger charge is -2.40. The Kier molecular flexibility index (Phi) is 5.90. The number of halogens is 2. The van der Waals surface area contributed by atoms with Gasteiger partial charge in [0.05, 0.1) is 40.8 Å². The smallest absolute Gasteiger partial charge is 0.387 e. The summed E-state index contributed by atoms with van der Waals surface area (Å²) in [6.45, 7) is -1.25. The Bertz CT molecular complexity index is 1700. The number of hydrogen-bond acceptors (Lipinski definition) is 8. The normalized spacial score (nSPS) is 15.5. The molecule has 0 saturated heterocycles. The average Bonchev–Trinajstić information content (AvgIpc) is 3.28. The van der Waals surface area contributed by atoms with Crippen molar-refractivity contribution in [2.24, 2.45) is 4.99 Å². The van der Waals surface area contributed by atoms with E-state index in [1.165, 1.54) is 30.0 Å². The van der Waals surface area contributed by atoms with Crippen LogP contribution < -0.4 is 19.7 Å². The van der Waals surface area contributed by atoms with Gasteiger partial charge in [0.15, 0.2) is 17.3 Å². The third kappa shape index (κ3) is 3.99. The zero-order chi connectivity index (χ0) is 28.1. The van der Waals surface area contributed by atoms with E-state index < -0.39 is 23.5 Å². The zero-order valence-electron chi connectivity index (χ0n) is 21.0. The number of hydrogen-bond donors (Lipinski definition) is 1. The van der Waals surface area contributed by atoms with Crippen LogP contribution >= 0.6 is 0 Å². The van der Waals surface area contributed by atoms with E-state index in [0.717, 1.165) is 0 Å². The lowest BCUT2D eigenvalue weighted by Crippen LogP contribution is -2.48. The van der Waals surface area contributed by atoms with Crippen LogP contribution in [0.15, 0.2) is 71.7 Å². The van der Waals surface area contributed by atoms with Crippen molar-refractivity contribution < 1.29 is 28.0 Å². The molecule has 3 heterocycles. The SMILES string of the molecule is COc1cc(C2c3c(C)nn(-c4ccc([N+](=O)[O-])cc4)c3N=C3C(=O)Nc4ccccc4N32)ccc1OC(F)F. The fourth-order valence-corrected chi connectivity index (χ4v) is 5.00. The molecule has 1 atom stereocenters. The van der Waals surface area contributed by atoms with Crippen LogP contribution in [0.1, 0.15) is 22.9 Å². The Balaban J connectivity index is 1.59. The minimum atomic E-state index is -3.04. The number of methoxy groups -OCH3 is 1. The van der Waals surface area contributed by atoms with Crippen molar-refractivity contribution in [2.75, 3.05) is 17.3 Å². The molecule has 0 fully saturated rings. The maximum atomic E-state index is 13.3. The number of nitrogens with zero attached hydrogens (tertiary/aromatic N) is 5. The van der Waals surface area contributed by atoms with Crippen molar-refractivity contribution >= 4 is 34.6 Å². The molecule has 13 heteroatoms. The van der Waals surface area contributed by atoms with Crippen molar-refractivity contribution in [1.29, 1.82) is 0 Å². The molecule has 11 nitrogen and oxygen atoms in total. The topological polar surface area (TPSA) is 124 Å². The molecule has 1 aromatic heterocycles. The minimum absolute atomic E-state index is 0.0820. The van der Waals surface area contributed by atoms with Gasteiger partial charge >= 0.3 is 6.61 Å². The Morgan fingerprint density at radius 1 is 1.07 bits per heavy atom. The van der Waals surface area contributed by atoms with Gasteiger partial charge in [-0.15, -0.1) is 0 Å². The molecule has 202 valence electrons. The van der Waals surface area contributed by atoms with Gasteiger partial charge in [0, 0.05) is 17.7 Å². The molecule has 1 N–H and O–H groups in total. The number of amidine groups is 1. The summed E-state index contributed by atoms with van der Waals surface area (Å²) in [5.41, 5.74) is 3.49. The first-order valence-electron chi connectivity index (χ1n) is 12.0. The zero-order valence-corrected chi connectivity index (χ0v) is 21.0. The number of aryl methyl sites for hydroxylation is 1. The van der Waals surface area contributed by atoms with E-state index in [2.05, 4.69) is 15.2 Å². The van der Waals surface area contributed by atoms with Crippen molar-refractivity contribution in [1.82, 2.24) is 9.78 Å². The second-order valence-electron chi connectivity index (χ2n) is 8.98. The second-order valence-corrected chi connectivity index (χ2v) is 8.98. The van der Waals surface area contributed by atoms with Gasteiger partial charge in [0.25, 0.3) is 11.6 Å². The Morgan fingerprint density at radius 3 is 2.52 bits per heavy atom. The lowest BCUT2D eigenvalue weighted by molar-refractivity contribution is -0.384. The van der Waals surface area contributed by atoms with E-state index in [0.29, 0.717) is 39.7 Å². The molecule has 40 heavy (non-hydrogen) atoms. The van der Waals surface area contributed by atoms with Crippen molar-refractivity contribution in [3.63, 3.8) is 0 Å². The van der Waals surface area contributed by atoms with E-state index in [-0.39, 0.29) is 23.0 Å². The van der Waals surface area contributed by atoms with Crippen LogP contribution in [-0.2, 0) is 4.79 Å². The van der Waals surface area contributed by atoms with Crippen LogP contribution in [0, 0.1) is 17.0 Å². The number of non-ortho nitro benzene ring substituents is 1. The van der Waals surface area contributed by atoms with Crippen LogP contribution in [0.25, 0.3) is 5.69 Å². The van der Waals surface area contributed by atoms with Gasteiger partial charge in [-0.2, -0.15) is 13.9 Å². The highest BCUT2D eigenvalue weighted by atomic mass is 19.3. The first-order valence-corrected chi connectivity index (χ1v) is 12.0. The van der Waals surface area contributed by atoms with Crippen molar-refractivity contribution in [3.8, 4) is 17.2 Å². The molecule has 0 bridgehead atoms. The highest BCUT2D eigenvalue weighted by Gasteiger charge is 2.43. The highest BCUT2D eigenvalue weighted by molar-refractivity contribution is 6.50. The molecule has 2 aliphatic rings. The molecule has 4 aromatic rings. The summed E-state index contributed by atoms with van der Waals surface area (Å²) in [7, 11) is 1.35. The van der Waals surface area contributed by atoms with Gasteiger partial charge in [0.2, 0.25) is 5.84 Å². The Labute approximate surface area is 225 Å². The largest absolute Gasteiger partial charge is 0.493 e. The molecule has 0 saturated carbocycles. The number of ether oxygens (including phenoxy) is 2. The highest BCUT2D eigenvalue weighted by Crippen LogP contribution is 2.48. The number of para-hydroxylation sites is 2. The Hall–Kier alpha value is -5.33. The average molecular weight is 546 g/mol. The molecule has 1 amide bonds. The van der Waals surface area contributed by atoms with E-state index in [4.69, 9.17) is 9.73 Å². The molecular formula is C27H20F2N6O5. The predicted octanol–water partition coefficient (Wildman–Crippen LogP) is 5.29. The standard InChI is InChI=1S/C27H20F2N6O5/c1-14-22-23(15-7-12-20(40-27(28)29)21(13-15)39-2)33-19-6-4-3-5-18(19)30-26(36)25(33)31-24(22)34(32-14)16-8-10-17(11-9-16)35(37)38/h3-13,23,27H,1-2H3,(H,30,36). The number of aromatic nitrogens is 2. The number of carbonyl (C=O) groups is 1. The van der Waals surface area contributed by atoms with Crippen LogP contribution in [0.3, 0.4) is 0 Å². The first kappa shape index (κ1) is 25.0. The maximum absolute atomic E-state index is 13.3. The summed E-state index contributed by atoms with van der Waals surface area (Å²) in [5, 5.41) is 18.7. The maximum Gasteiger partial charge on any atom is 0.387 e. The molecule has 0 spiro atoms. The Morgan fingerprint density at radius 2 is 1.82 bits per heavy atom. The van der Waals surface area contributed by atoms with E-state index >= 15 is 0 Å². The van der Waals surface area contributed by atoms with Crippen molar-refractivity contribution in [3.05, 3.63) is 93.7 Å². The van der Waals surface area contributed by atoms with Crippen LogP contribution in [0.2, 0.25) is 0 Å². The molecule has 2 aliphatic heterocycles. The fourth-order valence-electron chi connectivity index (χ4n) is 5.00. The second kappa shape index (κ2) is 9.45. The third-order valence-electron chi connectivity index (χ3n) is 6.69. The summed E-state index contributed by atoms with van der Waals surface area (Å²) < 4.78 is 37.5. The fraction of sp³-hybridized carbons (Fsp3) is 0.148. The summed E-state index contributed by atoms with van der Waals surface area (Å²) in [4.78, 5) is 30.5. The summed E-state index contributed by atoms with van der Waals surface area (Å²) in [6, 6.07) is 16.9. The van der Waals surface area contributed by atoms with E-state index in [1.54, 1.807) is 48.2 Å². The van der Waals surface area contributed by atoms with Gasteiger partial charge in [-0.05, 0) is 48.9 Å². The predicted molar refractivity (Wildman–Crippen MR) is 141 cm³/mol. The van der Waals surface area contributed by atoms with Crippen LogP contribution in [0.5, 0.6) is 11.5 Å². The number of carbonyl (C=O) groups excluding carboxylic acids is 1. The molecular weight excluding hydrogens is 526 g/mol. The van der Waals surface area contributed by atoms with Gasteiger partial charge in [-0.3, -0.25) is 14.9 Å². The number of alkyl halides is 2. The van der Waals surface area contributed by atoms with Crippen LogP contribution in [0.4, 0.5) is 31.7 Å². The minimum Gasteiger partial charge on any atom is -0.493 e. The van der Waals surface area contributed by atoms with Gasteiger partial charge in [-0.1, -0.05) is 18.2 Å². The van der Waals surface area contributed by atoms with Gasteiger partial charge in [-0.25, -0.2) is 9.67 Å². The molecule has 3 aromatic carbocycles. The number of fused-ring (bicyclic) bond motifs is 4. The lowest BCUT2D eigenvalue weighted by atomic mass is 9.93. The van der Waals surface area contributed by atoms with Crippen molar-refractivity contribution in [2.45, 2.75) is 19.6 Å². The number of nitrogens with one attached hydrogen (secondary N) is 1. The number of anilines is 2. The summed E-state index contributed by atoms with van der Waals surface area (Å²) in [5.74, 6) is -0.0666. The summed E-state index contributed by atoms with van der Waals surface area (Å²) in [6.07, 6.45) is 0. The number of rotatable bonds is 6. The number of amides is 1. The third-order valence-corrected chi connectivity index (χ3v) is 6.69. The molecule has 6 rings (SSSR count). The van der Waals surface area contributed by atoms with E-state index in [1.807, 2.05) is 12.1 Å². The quantitative estimate of drug-likeness (QED) is 0.257.